The second-order valence-corrected chi connectivity index (χ2v) is 2.79. The van der Waals surface area contributed by atoms with Crippen molar-refractivity contribution in [3.8, 4) is 0 Å². The number of halogens is 1. The normalized spacial score (nSPS) is 13.1. The van der Waals surface area contributed by atoms with E-state index in [2.05, 4.69) is 0 Å². The molecular weight excluding hydrogens is 187 g/mol. The van der Waals surface area contributed by atoms with Crippen molar-refractivity contribution in [1.82, 2.24) is 9.36 Å². The molecule has 0 spiro atoms. The number of nitrogens with zero attached hydrogens (tertiary/aromatic N) is 2. The third-order valence-electron chi connectivity index (χ3n) is 2.04. The summed E-state index contributed by atoms with van der Waals surface area (Å²) in [7, 11) is 0. The molecule has 0 fully saturated rings. The molecule has 1 aliphatic rings. The van der Waals surface area contributed by atoms with Gasteiger partial charge in [0.25, 0.3) is 5.56 Å². The Morgan fingerprint density at radius 3 is 2.64 bits per heavy atom. The van der Waals surface area contributed by atoms with E-state index in [0.29, 0.717) is 18.7 Å². The fourth-order valence-electron chi connectivity index (χ4n) is 1.46. The molecule has 4 nitrogen and oxygen atoms in total. The first-order valence-electron chi connectivity index (χ1n) is 4.72. The van der Waals surface area contributed by atoms with Crippen molar-refractivity contribution < 1.29 is 4.48 Å². The molecule has 14 heavy (non-hydrogen) atoms. The Balaban J connectivity index is 0.000000461. The van der Waals surface area contributed by atoms with Gasteiger partial charge in [0.1, 0.15) is 0 Å². The average molecular weight is 200 g/mol. The lowest BCUT2D eigenvalue weighted by Crippen LogP contribution is -2.35. The molecular formula is C9H13FN2O2. The molecule has 1 aromatic heterocycles. The molecule has 78 valence electrons. The summed E-state index contributed by atoms with van der Waals surface area (Å²) in [5.41, 5.74) is -1.08. The van der Waals surface area contributed by atoms with Gasteiger partial charge in [-0.15, -0.1) is 0 Å². The number of fused-ring (bicyclic) bond motifs is 1. The minimum Gasteiger partial charge on any atom is -0.296 e. The van der Waals surface area contributed by atoms with E-state index in [1.807, 2.05) is 13.8 Å². The molecule has 5 heteroatoms. The smallest absolute Gasteiger partial charge is 0.296 e. The highest BCUT2D eigenvalue weighted by Crippen LogP contribution is 2.07. The first-order chi connectivity index (χ1) is 6.70. The van der Waals surface area contributed by atoms with Crippen molar-refractivity contribution in [2.75, 3.05) is 0 Å². The first-order valence-corrected chi connectivity index (χ1v) is 4.72. The van der Waals surface area contributed by atoms with Gasteiger partial charge in [-0.3, -0.25) is 9.36 Å². The van der Waals surface area contributed by atoms with Crippen LogP contribution in [0.15, 0.2) is 15.7 Å². The minimum absolute atomic E-state index is 0.352. The lowest BCUT2D eigenvalue weighted by atomic mass is 10.3. The molecule has 1 aliphatic heterocycles. The largest absolute Gasteiger partial charge is 0.360 e. The fourth-order valence-corrected chi connectivity index (χ4v) is 1.46. The Morgan fingerprint density at radius 2 is 2.00 bits per heavy atom. The zero-order chi connectivity index (χ0) is 10.7. The lowest BCUT2D eigenvalue weighted by Gasteiger charge is -2.00. The summed E-state index contributed by atoms with van der Waals surface area (Å²) in [6, 6.07) is 1.17. The lowest BCUT2D eigenvalue weighted by molar-refractivity contribution is 0.318. The molecule has 0 aromatic carbocycles. The van der Waals surface area contributed by atoms with Crippen molar-refractivity contribution >= 4 is 0 Å². The van der Waals surface area contributed by atoms with Crippen molar-refractivity contribution in [3.05, 3.63) is 32.6 Å². The number of aromatic nitrogens is 2. The summed E-state index contributed by atoms with van der Waals surface area (Å²) in [5.74, 6) is 0. The van der Waals surface area contributed by atoms with E-state index in [0.717, 1.165) is 6.42 Å². The topological polar surface area (TPSA) is 44.0 Å². The van der Waals surface area contributed by atoms with E-state index in [1.54, 1.807) is 0 Å². The van der Waals surface area contributed by atoms with Crippen molar-refractivity contribution in [2.45, 2.75) is 33.2 Å². The third kappa shape index (κ3) is 1.62. The van der Waals surface area contributed by atoms with Gasteiger partial charge in [-0.05, 0) is 12.8 Å². The van der Waals surface area contributed by atoms with Gasteiger partial charge in [0.15, 0.2) is 0 Å². The maximum Gasteiger partial charge on any atom is 0.360 e. The SMILES string of the molecule is CC.O=c1cc2n(c(=O)n1F)CCC2. The standard InChI is InChI=1S/C7H7FN2O2.C2H6/c8-10-6(11)4-5-2-1-3-9(5)7(10)12;1-2/h4H,1-3H2;1-2H3. The molecule has 0 atom stereocenters. The second-order valence-electron chi connectivity index (χ2n) is 2.79. The maximum atomic E-state index is 12.7. The Morgan fingerprint density at radius 1 is 1.36 bits per heavy atom. The summed E-state index contributed by atoms with van der Waals surface area (Å²) in [5, 5.41) is 0. The summed E-state index contributed by atoms with van der Waals surface area (Å²) in [6.07, 6.45) is 1.49. The van der Waals surface area contributed by atoms with Gasteiger partial charge in [-0.1, -0.05) is 23.1 Å². The molecule has 1 aromatic rings. The van der Waals surface area contributed by atoms with E-state index in [1.165, 1.54) is 10.6 Å². The third-order valence-corrected chi connectivity index (χ3v) is 2.04. The predicted octanol–water partition coefficient (Wildman–Crippen LogP) is 0.715. The van der Waals surface area contributed by atoms with Gasteiger partial charge in [0, 0.05) is 18.3 Å². The Bertz CT molecular complexity index is 433. The summed E-state index contributed by atoms with van der Waals surface area (Å²) in [4.78, 5) is 21.5. The molecule has 0 unspecified atom stereocenters. The van der Waals surface area contributed by atoms with E-state index in [-0.39, 0.29) is 4.79 Å². The van der Waals surface area contributed by atoms with Crippen LogP contribution in [0.5, 0.6) is 0 Å². The van der Waals surface area contributed by atoms with Crippen LogP contribution in [0.25, 0.3) is 0 Å². The van der Waals surface area contributed by atoms with E-state index in [9.17, 15) is 14.1 Å². The van der Waals surface area contributed by atoms with Crippen LogP contribution in [0, 0.1) is 0 Å². The van der Waals surface area contributed by atoms with Crippen LogP contribution >= 0.6 is 0 Å². The molecule has 0 saturated carbocycles. The monoisotopic (exact) mass is 200 g/mol. The molecule has 0 aliphatic carbocycles. The number of aryl methyl sites for hydroxylation is 1. The van der Waals surface area contributed by atoms with Gasteiger partial charge >= 0.3 is 5.69 Å². The summed E-state index contributed by atoms with van der Waals surface area (Å²) < 4.78 is 13.9. The van der Waals surface area contributed by atoms with Crippen LogP contribution in [0.4, 0.5) is 4.48 Å². The highest BCUT2D eigenvalue weighted by atomic mass is 19.2. The predicted molar refractivity (Wildman–Crippen MR) is 51.1 cm³/mol. The first kappa shape index (κ1) is 10.7. The van der Waals surface area contributed by atoms with Crippen LogP contribution in [0.1, 0.15) is 26.0 Å². The van der Waals surface area contributed by atoms with Crippen molar-refractivity contribution in [2.24, 2.45) is 0 Å². The molecule has 0 amide bonds. The molecule has 0 radical (unpaired) electrons. The minimum atomic E-state index is -0.867. The van der Waals surface area contributed by atoms with Crippen LogP contribution in [0.3, 0.4) is 0 Å². The highest BCUT2D eigenvalue weighted by molar-refractivity contribution is 5.05. The second kappa shape index (κ2) is 4.21. The Kier molecular flexibility index (Phi) is 3.22. The molecule has 0 saturated heterocycles. The van der Waals surface area contributed by atoms with Gasteiger partial charge in [0.2, 0.25) is 0 Å². The number of hydrogen-bond acceptors (Lipinski definition) is 2. The zero-order valence-electron chi connectivity index (χ0n) is 8.29. The van der Waals surface area contributed by atoms with Crippen LogP contribution in [0.2, 0.25) is 0 Å². The molecule has 2 heterocycles. The van der Waals surface area contributed by atoms with Gasteiger partial charge in [-0.2, -0.15) is 0 Å². The number of rotatable bonds is 0. The van der Waals surface area contributed by atoms with E-state index >= 15 is 0 Å². The average Bonchev–Trinajstić information content (AvgIpc) is 2.65. The fraction of sp³-hybridized carbons (Fsp3) is 0.556. The summed E-state index contributed by atoms with van der Waals surface area (Å²) in [6.45, 7) is 4.51. The highest BCUT2D eigenvalue weighted by Gasteiger charge is 2.15. The van der Waals surface area contributed by atoms with Crippen molar-refractivity contribution in [1.29, 1.82) is 0 Å². The van der Waals surface area contributed by atoms with Crippen LogP contribution < -0.4 is 11.2 Å². The van der Waals surface area contributed by atoms with Gasteiger partial charge < -0.3 is 0 Å². The Labute approximate surface area is 80.5 Å². The quantitative estimate of drug-likeness (QED) is 0.619. The zero-order valence-corrected chi connectivity index (χ0v) is 8.29. The Hall–Kier alpha value is -1.39. The summed E-state index contributed by atoms with van der Waals surface area (Å²) >= 11 is 0. The van der Waals surface area contributed by atoms with Crippen molar-refractivity contribution in [3.63, 3.8) is 0 Å². The number of hydrogen-bond donors (Lipinski definition) is 0. The molecule has 2 rings (SSSR count). The van der Waals surface area contributed by atoms with Crippen LogP contribution in [-0.2, 0) is 13.0 Å². The maximum absolute atomic E-state index is 12.7. The molecule has 0 bridgehead atoms. The van der Waals surface area contributed by atoms with Crippen LogP contribution in [-0.4, -0.2) is 9.36 Å². The van der Waals surface area contributed by atoms with Gasteiger partial charge in [-0.25, -0.2) is 4.79 Å². The van der Waals surface area contributed by atoms with E-state index < -0.39 is 11.2 Å². The van der Waals surface area contributed by atoms with E-state index in [4.69, 9.17) is 0 Å². The molecule has 0 N–H and O–H groups in total. The van der Waals surface area contributed by atoms with Gasteiger partial charge in [0.05, 0.1) is 0 Å².